The van der Waals surface area contributed by atoms with E-state index in [0.29, 0.717) is 6.10 Å². The van der Waals surface area contributed by atoms with Gasteiger partial charge in [0, 0.05) is 12.6 Å². The van der Waals surface area contributed by atoms with Gasteiger partial charge in [0.15, 0.2) is 0 Å². The summed E-state index contributed by atoms with van der Waals surface area (Å²) in [7, 11) is 0. The SMILES string of the molecule is CC.CC.CCCOC1CC[C@H](C)[C@@H](N2CCCC2)C1. The van der Waals surface area contributed by atoms with E-state index in [1.165, 1.54) is 45.2 Å². The van der Waals surface area contributed by atoms with Gasteiger partial charge in [-0.15, -0.1) is 0 Å². The Morgan fingerprint density at radius 1 is 1.00 bits per heavy atom. The second kappa shape index (κ2) is 12.6. The van der Waals surface area contributed by atoms with Crippen molar-refractivity contribution in [1.82, 2.24) is 4.90 Å². The predicted molar refractivity (Wildman–Crippen MR) is 90.3 cm³/mol. The van der Waals surface area contributed by atoms with Gasteiger partial charge >= 0.3 is 0 Å². The highest BCUT2D eigenvalue weighted by Gasteiger charge is 2.33. The minimum atomic E-state index is 0.543. The minimum absolute atomic E-state index is 0.543. The van der Waals surface area contributed by atoms with Gasteiger partial charge in [-0.05, 0) is 57.5 Å². The molecule has 2 heteroatoms. The van der Waals surface area contributed by atoms with Crippen LogP contribution in [0.4, 0.5) is 0 Å². The highest BCUT2D eigenvalue weighted by Crippen LogP contribution is 2.31. The summed E-state index contributed by atoms with van der Waals surface area (Å²) in [6.45, 7) is 16.2. The maximum Gasteiger partial charge on any atom is 0.0590 e. The lowest BCUT2D eigenvalue weighted by atomic mass is 9.83. The van der Waals surface area contributed by atoms with Crippen molar-refractivity contribution in [1.29, 1.82) is 0 Å². The molecule has 2 nitrogen and oxygen atoms in total. The molecule has 0 spiro atoms. The molecule has 0 amide bonds. The van der Waals surface area contributed by atoms with Crippen LogP contribution < -0.4 is 0 Å². The molecule has 1 aliphatic carbocycles. The Bertz CT molecular complexity index is 200. The lowest BCUT2D eigenvalue weighted by Gasteiger charge is -2.39. The summed E-state index contributed by atoms with van der Waals surface area (Å²) in [6.07, 6.45) is 8.43. The van der Waals surface area contributed by atoms with Crippen molar-refractivity contribution in [2.45, 2.75) is 92.2 Å². The van der Waals surface area contributed by atoms with E-state index in [-0.39, 0.29) is 0 Å². The molecule has 0 aromatic heterocycles. The molecule has 1 saturated carbocycles. The first-order chi connectivity index (χ1) is 9.81. The number of likely N-dealkylation sites (tertiary alicyclic amines) is 1. The predicted octanol–water partition coefficient (Wildman–Crippen LogP) is 5.12. The quantitative estimate of drug-likeness (QED) is 0.711. The normalized spacial score (nSPS) is 30.0. The highest BCUT2D eigenvalue weighted by atomic mass is 16.5. The summed E-state index contributed by atoms with van der Waals surface area (Å²) in [4.78, 5) is 2.71. The molecule has 2 aliphatic rings. The average molecular weight is 286 g/mol. The molecule has 1 heterocycles. The summed E-state index contributed by atoms with van der Waals surface area (Å²) in [6, 6.07) is 0.804. The van der Waals surface area contributed by atoms with Crippen LogP contribution in [0.3, 0.4) is 0 Å². The summed E-state index contributed by atoms with van der Waals surface area (Å²) in [5, 5.41) is 0. The van der Waals surface area contributed by atoms with Crippen LogP contribution in [0.1, 0.15) is 80.1 Å². The highest BCUT2D eigenvalue weighted by molar-refractivity contribution is 4.87. The molecule has 0 aromatic carbocycles. The van der Waals surface area contributed by atoms with E-state index in [0.717, 1.165) is 25.0 Å². The van der Waals surface area contributed by atoms with E-state index < -0.39 is 0 Å². The van der Waals surface area contributed by atoms with E-state index in [4.69, 9.17) is 4.74 Å². The zero-order valence-corrected chi connectivity index (χ0v) is 15.0. The summed E-state index contributed by atoms with van der Waals surface area (Å²) >= 11 is 0. The topological polar surface area (TPSA) is 12.5 Å². The lowest BCUT2D eigenvalue weighted by Crippen LogP contribution is -2.44. The second-order valence-electron chi connectivity index (χ2n) is 5.59. The van der Waals surface area contributed by atoms with Crippen molar-refractivity contribution in [3.63, 3.8) is 0 Å². The first-order valence-corrected chi connectivity index (χ1v) is 9.17. The number of rotatable bonds is 4. The molecule has 0 bridgehead atoms. The van der Waals surface area contributed by atoms with Crippen LogP contribution in [0.5, 0.6) is 0 Å². The fourth-order valence-electron chi connectivity index (χ4n) is 3.28. The van der Waals surface area contributed by atoms with Crippen LogP contribution in [0.15, 0.2) is 0 Å². The van der Waals surface area contributed by atoms with Crippen LogP contribution in [0.25, 0.3) is 0 Å². The van der Waals surface area contributed by atoms with Crippen LogP contribution in [0.2, 0.25) is 0 Å². The van der Waals surface area contributed by atoms with Gasteiger partial charge in [-0.25, -0.2) is 0 Å². The summed E-state index contributed by atoms with van der Waals surface area (Å²) < 4.78 is 5.94. The molecule has 20 heavy (non-hydrogen) atoms. The van der Waals surface area contributed by atoms with Crippen molar-refractivity contribution >= 4 is 0 Å². The molecule has 1 unspecified atom stereocenters. The fourth-order valence-corrected chi connectivity index (χ4v) is 3.28. The van der Waals surface area contributed by atoms with Crippen LogP contribution in [0, 0.1) is 5.92 Å². The van der Waals surface area contributed by atoms with Gasteiger partial charge in [-0.2, -0.15) is 0 Å². The van der Waals surface area contributed by atoms with E-state index in [2.05, 4.69) is 18.7 Å². The Balaban J connectivity index is 0.000000829. The summed E-state index contributed by atoms with van der Waals surface area (Å²) in [5.41, 5.74) is 0. The largest absolute Gasteiger partial charge is 0.378 e. The van der Waals surface area contributed by atoms with E-state index in [9.17, 15) is 0 Å². The van der Waals surface area contributed by atoms with Crippen LogP contribution in [-0.4, -0.2) is 36.7 Å². The van der Waals surface area contributed by atoms with Crippen molar-refractivity contribution in [3.8, 4) is 0 Å². The molecule has 3 atom stereocenters. The van der Waals surface area contributed by atoms with Gasteiger partial charge in [0.25, 0.3) is 0 Å². The molecule has 122 valence electrons. The van der Waals surface area contributed by atoms with Gasteiger partial charge < -0.3 is 9.64 Å². The van der Waals surface area contributed by atoms with Gasteiger partial charge in [-0.3, -0.25) is 0 Å². The van der Waals surface area contributed by atoms with E-state index >= 15 is 0 Å². The minimum Gasteiger partial charge on any atom is -0.378 e. The lowest BCUT2D eigenvalue weighted by molar-refractivity contribution is -0.0136. The molecule has 1 saturated heterocycles. The van der Waals surface area contributed by atoms with Gasteiger partial charge in [0.05, 0.1) is 6.10 Å². The van der Waals surface area contributed by atoms with Crippen molar-refractivity contribution in [2.24, 2.45) is 5.92 Å². The second-order valence-corrected chi connectivity index (χ2v) is 5.59. The number of nitrogens with zero attached hydrogens (tertiary/aromatic N) is 1. The third kappa shape index (κ3) is 6.58. The average Bonchev–Trinajstić information content (AvgIpc) is 3.04. The fraction of sp³-hybridized carbons (Fsp3) is 1.00. The van der Waals surface area contributed by atoms with Gasteiger partial charge in [-0.1, -0.05) is 41.5 Å². The summed E-state index contributed by atoms with van der Waals surface area (Å²) in [5.74, 6) is 0.875. The molecule has 2 fully saturated rings. The Hall–Kier alpha value is -0.0800. The number of ether oxygens (including phenoxy) is 1. The monoisotopic (exact) mass is 285 g/mol. The first-order valence-electron chi connectivity index (χ1n) is 9.17. The maximum atomic E-state index is 5.94. The molecular weight excluding hydrogens is 246 g/mol. The van der Waals surface area contributed by atoms with E-state index in [1.807, 2.05) is 27.7 Å². The Labute approximate surface area is 128 Å². The van der Waals surface area contributed by atoms with Crippen molar-refractivity contribution in [2.75, 3.05) is 19.7 Å². The Morgan fingerprint density at radius 3 is 2.15 bits per heavy atom. The molecule has 0 radical (unpaired) electrons. The maximum absolute atomic E-state index is 5.94. The molecule has 0 N–H and O–H groups in total. The van der Waals surface area contributed by atoms with E-state index in [1.54, 1.807) is 0 Å². The zero-order valence-electron chi connectivity index (χ0n) is 15.0. The van der Waals surface area contributed by atoms with Gasteiger partial charge in [0.1, 0.15) is 0 Å². The Kier molecular flexibility index (Phi) is 12.6. The molecular formula is C18H39NO. The van der Waals surface area contributed by atoms with Crippen LogP contribution >= 0.6 is 0 Å². The molecule has 0 aromatic rings. The third-order valence-corrected chi connectivity index (χ3v) is 4.27. The number of hydrogen-bond donors (Lipinski definition) is 0. The molecule has 1 aliphatic heterocycles. The smallest absolute Gasteiger partial charge is 0.0590 e. The van der Waals surface area contributed by atoms with Gasteiger partial charge in [0.2, 0.25) is 0 Å². The standard InChI is InChI=1S/C14H27NO.2C2H6/c1-3-10-16-13-7-6-12(2)14(11-13)15-8-4-5-9-15;2*1-2/h12-14H,3-11H2,1-2H3;2*1-2H3/t12-,13?,14-;;/m0../s1. The third-order valence-electron chi connectivity index (χ3n) is 4.27. The Morgan fingerprint density at radius 2 is 1.60 bits per heavy atom. The van der Waals surface area contributed by atoms with Crippen molar-refractivity contribution in [3.05, 3.63) is 0 Å². The zero-order chi connectivity index (χ0) is 15.4. The molecule has 2 rings (SSSR count). The first kappa shape index (κ1) is 19.9. The number of hydrogen-bond acceptors (Lipinski definition) is 2. The van der Waals surface area contributed by atoms with Crippen molar-refractivity contribution < 1.29 is 4.74 Å². The van der Waals surface area contributed by atoms with Crippen LogP contribution in [-0.2, 0) is 4.74 Å².